The summed E-state index contributed by atoms with van der Waals surface area (Å²) in [5, 5.41) is 7.03. The van der Waals surface area contributed by atoms with Crippen molar-refractivity contribution in [2.75, 3.05) is 11.9 Å². The summed E-state index contributed by atoms with van der Waals surface area (Å²) in [6.07, 6.45) is 1.92. The molecule has 1 aliphatic carbocycles. The minimum Gasteiger partial charge on any atom is -0.385 e. The van der Waals surface area contributed by atoms with Crippen molar-refractivity contribution in [3.63, 3.8) is 0 Å². The first-order valence-electron chi connectivity index (χ1n) is 11.3. The lowest BCUT2D eigenvalue weighted by Gasteiger charge is -2.16. The maximum Gasteiger partial charge on any atom is 0.435 e. The highest BCUT2D eigenvalue weighted by Crippen LogP contribution is 2.46. The molecule has 0 radical (unpaired) electrons. The lowest BCUT2D eigenvalue weighted by atomic mass is 9.98. The van der Waals surface area contributed by atoms with E-state index in [1.165, 1.54) is 23.0 Å². The summed E-state index contributed by atoms with van der Waals surface area (Å²) in [6, 6.07) is 9.12. The number of anilines is 1. The minimum absolute atomic E-state index is 0.374. The number of rotatable bonds is 4. The van der Waals surface area contributed by atoms with Gasteiger partial charge < -0.3 is 5.32 Å². The fraction of sp³-hybridized carbons (Fsp3) is 0.154. The molecular weight excluding hydrogens is 472 g/mol. The lowest BCUT2D eigenvalue weighted by Crippen LogP contribution is -2.09. The zero-order chi connectivity index (χ0) is 25.0. The van der Waals surface area contributed by atoms with Crippen LogP contribution in [0.15, 0.2) is 61.2 Å². The summed E-state index contributed by atoms with van der Waals surface area (Å²) in [4.78, 5) is 13.4. The fourth-order valence-corrected chi connectivity index (χ4v) is 4.67. The van der Waals surface area contributed by atoms with Gasteiger partial charge in [-0.15, -0.1) is 0 Å². The Bertz CT molecular complexity index is 1640. The van der Waals surface area contributed by atoms with Gasteiger partial charge in [0.2, 0.25) is 0 Å². The third-order valence-corrected chi connectivity index (χ3v) is 6.20. The Morgan fingerprint density at radius 1 is 1.00 bits per heavy atom. The van der Waals surface area contributed by atoms with Crippen LogP contribution in [0.5, 0.6) is 0 Å². The van der Waals surface area contributed by atoms with Gasteiger partial charge in [0.15, 0.2) is 5.69 Å². The van der Waals surface area contributed by atoms with Crippen LogP contribution in [0.3, 0.4) is 0 Å². The maximum atomic E-state index is 14.7. The molecule has 1 N–H and O–H groups in total. The van der Waals surface area contributed by atoms with Gasteiger partial charge in [-0.3, -0.25) is 15.0 Å². The van der Waals surface area contributed by atoms with Gasteiger partial charge in [-0.1, -0.05) is 0 Å². The predicted octanol–water partition coefficient (Wildman–Crippen LogP) is 6.04. The summed E-state index contributed by atoms with van der Waals surface area (Å²) in [6.45, 7) is 2.49. The molecule has 6 rings (SSSR count). The minimum atomic E-state index is -4.61. The lowest BCUT2D eigenvalue weighted by molar-refractivity contribution is -0.141. The van der Waals surface area contributed by atoms with E-state index in [-0.39, 0.29) is 0 Å². The highest BCUT2D eigenvalue weighted by atomic mass is 19.4. The average Bonchev–Trinajstić information content (AvgIpc) is 3.49. The SMILES string of the molecule is CCNc1cc(F)cc2c1Cc1ncc(-c3cnc4cccnc4c3)c(-n3ccc(C(F)(F)F)n3)c1-2. The van der Waals surface area contributed by atoms with Crippen molar-refractivity contribution in [1.29, 1.82) is 0 Å². The second-order valence-electron chi connectivity index (χ2n) is 8.44. The standard InChI is InChI=1S/C26H18F4N6/c1-2-31-20-10-15(27)9-17-16(20)11-22-24(17)25(36-7-5-23(35-36)26(28,29)30)18(13-34-22)14-8-21-19(33-12-14)4-3-6-32-21/h3-10,12-13,31H,2,11H2,1H3. The van der Waals surface area contributed by atoms with Crippen LogP contribution >= 0.6 is 0 Å². The van der Waals surface area contributed by atoms with E-state index in [1.807, 2.05) is 13.0 Å². The summed E-state index contributed by atoms with van der Waals surface area (Å²) in [5.41, 5.74) is 4.97. The molecule has 0 spiro atoms. The van der Waals surface area contributed by atoms with Gasteiger partial charge in [0.05, 0.1) is 22.4 Å². The number of hydrogen-bond acceptors (Lipinski definition) is 5. The first-order valence-corrected chi connectivity index (χ1v) is 11.3. The molecule has 5 aromatic rings. The average molecular weight is 490 g/mol. The summed E-state index contributed by atoms with van der Waals surface area (Å²) >= 11 is 0. The molecule has 36 heavy (non-hydrogen) atoms. The van der Waals surface area contributed by atoms with E-state index in [1.54, 1.807) is 30.7 Å². The highest BCUT2D eigenvalue weighted by molar-refractivity contribution is 5.93. The topological polar surface area (TPSA) is 68.5 Å². The van der Waals surface area contributed by atoms with Crippen LogP contribution < -0.4 is 5.32 Å². The van der Waals surface area contributed by atoms with Crippen LogP contribution in [0.2, 0.25) is 0 Å². The van der Waals surface area contributed by atoms with Gasteiger partial charge in [-0.05, 0) is 54.4 Å². The maximum absolute atomic E-state index is 14.7. The smallest absolute Gasteiger partial charge is 0.385 e. The van der Waals surface area contributed by atoms with Crippen LogP contribution in [0.25, 0.3) is 39.0 Å². The second kappa shape index (κ2) is 8.11. The number of benzene rings is 1. The first-order chi connectivity index (χ1) is 17.3. The normalized spacial score (nSPS) is 12.6. The van der Waals surface area contributed by atoms with Gasteiger partial charge in [0.25, 0.3) is 0 Å². The van der Waals surface area contributed by atoms with Crippen LogP contribution in [0.4, 0.5) is 23.2 Å². The molecular formula is C26H18F4N6. The van der Waals surface area contributed by atoms with Crippen LogP contribution in [-0.4, -0.2) is 31.3 Å². The highest BCUT2D eigenvalue weighted by Gasteiger charge is 2.35. The molecule has 4 heterocycles. The number of nitrogens with zero attached hydrogens (tertiary/aromatic N) is 5. The predicted molar refractivity (Wildman–Crippen MR) is 127 cm³/mol. The number of aromatic nitrogens is 5. The summed E-state index contributed by atoms with van der Waals surface area (Å²) in [5.74, 6) is -0.457. The van der Waals surface area contributed by atoms with Gasteiger partial charge in [0, 0.05) is 60.1 Å². The van der Waals surface area contributed by atoms with Crippen LogP contribution in [0, 0.1) is 5.82 Å². The molecule has 4 aromatic heterocycles. The first kappa shape index (κ1) is 22.1. The van der Waals surface area contributed by atoms with Crippen LogP contribution in [0.1, 0.15) is 23.9 Å². The molecule has 1 aliphatic rings. The Morgan fingerprint density at radius 2 is 1.86 bits per heavy atom. The van der Waals surface area contributed by atoms with E-state index in [9.17, 15) is 17.6 Å². The van der Waals surface area contributed by atoms with E-state index in [2.05, 4.69) is 25.4 Å². The molecule has 0 bridgehead atoms. The fourth-order valence-electron chi connectivity index (χ4n) is 4.67. The number of halogens is 4. The molecule has 0 atom stereocenters. The molecule has 6 nitrogen and oxygen atoms in total. The van der Waals surface area contributed by atoms with E-state index >= 15 is 0 Å². The monoisotopic (exact) mass is 490 g/mol. The van der Waals surface area contributed by atoms with Crippen LogP contribution in [-0.2, 0) is 12.6 Å². The molecule has 1 aromatic carbocycles. The molecule has 0 saturated carbocycles. The van der Waals surface area contributed by atoms with Gasteiger partial charge >= 0.3 is 6.18 Å². The van der Waals surface area contributed by atoms with E-state index in [0.717, 1.165) is 11.6 Å². The molecule has 0 saturated heterocycles. The number of pyridine rings is 3. The zero-order valence-electron chi connectivity index (χ0n) is 18.9. The van der Waals surface area contributed by atoms with E-state index in [0.29, 0.717) is 63.3 Å². The summed E-state index contributed by atoms with van der Waals surface area (Å²) in [7, 11) is 0. The number of fused-ring (bicyclic) bond motifs is 4. The van der Waals surface area contributed by atoms with Crippen molar-refractivity contribution in [2.45, 2.75) is 19.5 Å². The Hall–Kier alpha value is -4.34. The molecule has 10 heteroatoms. The molecule has 0 aliphatic heterocycles. The van der Waals surface area contributed by atoms with Crippen molar-refractivity contribution in [3.05, 3.63) is 84.0 Å². The Balaban J connectivity index is 1.65. The summed E-state index contributed by atoms with van der Waals surface area (Å²) < 4.78 is 56.2. The van der Waals surface area contributed by atoms with Crippen molar-refractivity contribution in [3.8, 4) is 27.9 Å². The van der Waals surface area contributed by atoms with Gasteiger partial charge in [-0.25, -0.2) is 9.07 Å². The molecule has 0 unspecified atom stereocenters. The molecule has 180 valence electrons. The van der Waals surface area contributed by atoms with E-state index in [4.69, 9.17) is 0 Å². The van der Waals surface area contributed by atoms with Crippen molar-refractivity contribution < 1.29 is 17.6 Å². The third kappa shape index (κ3) is 3.57. The second-order valence-corrected chi connectivity index (χ2v) is 8.44. The van der Waals surface area contributed by atoms with Crippen molar-refractivity contribution in [1.82, 2.24) is 24.7 Å². The van der Waals surface area contributed by atoms with Crippen molar-refractivity contribution in [2.24, 2.45) is 0 Å². The molecule has 0 amide bonds. The Morgan fingerprint density at radius 3 is 2.64 bits per heavy atom. The van der Waals surface area contributed by atoms with Crippen molar-refractivity contribution >= 4 is 16.7 Å². The largest absolute Gasteiger partial charge is 0.435 e. The number of nitrogens with one attached hydrogen (secondary N) is 1. The third-order valence-electron chi connectivity index (χ3n) is 6.20. The van der Waals surface area contributed by atoms with Gasteiger partial charge in [0.1, 0.15) is 5.82 Å². The Labute approximate surface area is 202 Å². The van der Waals surface area contributed by atoms with E-state index < -0.39 is 17.7 Å². The number of alkyl halides is 3. The molecule has 0 fully saturated rings. The quantitative estimate of drug-likeness (QED) is 0.305. The van der Waals surface area contributed by atoms with Gasteiger partial charge in [-0.2, -0.15) is 18.3 Å². The Kier molecular flexibility index (Phi) is 4.99. The zero-order valence-corrected chi connectivity index (χ0v) is 18.9. The number of hydrogen-bond donors (Lipinski definition) is 1.